The molecule has 0 saturated carbocycles. The van der Waals surface area contributed by atoms with E-state index in [4.69, 9.17) is 10.00 Å². The first-order valence-electron chi connectivity index (χ1n) is 3.78. The van der Waals surface area contributed by atoms with Crippen molar-refractivity contribution >= 4 is 5.97 Å². The third-order valence-electron chi connectivity index (χ3n) is 1.32. The highest BCUT2D eigenvalue weighted by atomic mass is 16.5. The molecule has 0 spiro atoms. The van der Waals surface area contributed by atoms with Crippen molar-refractivity contribution in [1.29, 1.82) is 5.26 Å². The summed E-state index contributed by atoms with van der Waals surface area (Å²) in [5.74, 6) is -0.514. The van der Waals surface area contributed by atoms with Crippen LogP contribution in [0.2, 0.25) is 0 Å². The van der Waals surface area contributed by atoms with Crippen molar-refractivity contribution in [2.24, 2.45) is 0 Å². The van der Waals surface area contributed by atoms with Gasteiger partial charge < -0.3 is 4.74 Å². The van der Waals surface area contributed by atoms with E-state index in [1.54, 1.807) is 6.07 Å². The van der Waals surface area contributed by atoms with Crippen LogP contribution in [0.25, 0.3) is 0 Å². The molecule has 0 aliphatic carbocycles. The van der Waals surface area contributed by atoms with Gasteiger partial charge in [-0.25, -0.2) is 14.8 Å². The Bertz CT molecular complexity index is 378. The topological polar surface area (TPSA) is 75.9 Å². The minimum absolute atomic E-state index is 0.0188. The van der Waals surface area contributed by atoms with Crippen LogP contribution in [0.4, 0.5) is 0 Å². The summed E-state index contributed by atoms with van der Waals surface area (Å²) in [6.45, 7) is 3.54. The molecule has 1 rings (SSSR count). The molecule has 0 aliphatic rings. The van der Waals surface area contributed by atoms with Gasteiger partial charge in [0, 0.05) is 12.4 Å². The van der Waals surface area contributed by atoms with E-state index >= 15 is 0 Å². The minimum atomic E-state index is -0.533. The molecule has 0 bridgehead atoms. The summed E-state index contributed by atoms with van der Waals surface area (Å²) in [4.78, 5) is 18.4. The van der Waals surface area contributed by atoms with Gasteiger partial charge in [0.05, 0.1) is 5.56 Å². The first-order valence-corrected chi connectivity index (χ1v) is 3.78. The number of nitriles is 1. The Hall–Kier alpha value is -2.22. The van der Waals surface area contributed by atoms with Crippen LogP contribution in [-0.4, -0.2) is 22.5 Å². The molecule has 1 aromatic rings. The molecule has 14 heavy (non-hydrogen) atoms. The van der Waals surface area contributed by atoms with E-state index < -0.39 is 5.97 Å². The smallest absolute Gasteiger partial charge is 0.341 e. The molecule has 70 valence electrons. The Morgan fingerprint density at radius 3 is 2.79 bits per heavy atom. The van der Waals surface area contributed by atoms with Crippen molar-refractivity contribution in [3.8, 4) is 6.07 Å². The summed E-state index contributed by atoms with van der Waals surface area (Å²) in [5, 5.41) is 8.40. The fourth-order valence-corrected chi connectivity index (χ4v) is 0.709. The average Bonchev–Trinajstić information content (AvgIpc) is 2.26. The fourth-order valence-electron chi connectivity index (χ4n) is 0.709. The van der Waals surface area contributed by atoms with E-state index in [1.807, 2.05) is 0 Å². The second-order valence-electron chi connectivity index (χ2n) is 2.29. The predicted octanol–water partition coefficient (Wildman–Crippen LogP) is 0.691. The molecule has 0 radical (unpaired) electrons. The molecule has 0 fully saturated rings. The zero-order valence-electron chi connectivity index (χ0n) is 7.30. The number of ether oxygens (including phenoxy) is 1. The van der Waals surface area contributed by atoms with Crippen LogP contribution in [0.3, 0.4) is 0 Å². The van der Waals surface area contributed by atoms with Gasteiger partial charge in [0.25, 0.3) is 0 Å². The number of aromatic nitrogens is 2. The maximum Gasteiger partial charge on any atom is 0.341 e. The average molecular weight is 189 g/mol. The number of hydrogen-bond acceptors (Lipinski definition) is 5. The third kappa shape index (κ3) is 2.38. The Kier molecular flexibility index (Phi) is 3.33. The highest BCUT2D eigenvalue weighted by Crippen LogP contribution is 1.98. The first kappa shape index (κ1) is 9.86. The molecule has 1 heterocycles. The van der Waals surface area contributed by atoms with Gasteiger partial charge in [-0.2, -0.15) is 5.26 Å². The minimum Gasteiger partial charge on any atom is -0.458 e. The molecule has 0 saturated heterocycles. The second kappa shape index (κ2) is 4.72. The molecule has 5 nitrogen and oxygen atoms in total. The zero-order chi connectivity index (χ0) is 10.4. The molecule has 5 heteroatoms. The zero-order valence-corrected chi connectivity index (χ0v) is 7.30. The van der Waals surface area contributed by atoms with Crippen molar-refractivity contribution in [1.82, 2.24) is 9.97 Å². The third-order valence-corrected chi connectivity index (χ3v) is 1.32. The van der Waals surface area contributed by atoms with Crippen molar-refractivity contribution in [3.05, 3.63) is 36.4 Å². The van der Waals surface area contributed by atoms with Crippen LogP contribution in [-0.2, 0) is 4.74 Å². The van der Waals surface area contributed by atoms with Crippen molar-refractivity contribution < 1.29 is 9.53 Å². The van der Waals surface area contributed by atoms with Crippen LogP contribution < -0.4 is 0 Å². The molecular formula is C9H7N3O2. The lowest BCUT2D eigenvalue weighted by Gasteiger charge is -1.99. The van der Waals surface area contributed by atoms with E-state index in [9.17, 15) is 4.79 Å². The maximum atomic E-state index is 11.2. The van der Waals surface area contributed by atoms with Crippen LogP contribution in [0.15, 0.2) is 25.0 Å². The van der Waals surface area contributed by atoms with Crippen LogP contribution >= 0.6 is 0 Å². The van der Waals surface area contributed by atoms with Crippen molar-refractivity contribution in [2.45, 2.75) is 0 Å². The SMILES string of the molecule is C=CCOC(=O)c1cnc(C#N)nc1. The van der Waals surface area contributed by atoms with E-state index in [2.05, 4.69) is 16.5 Å². The van der Waals surface area contributed by atoms with Gasteiger partial charge in [-0.1, -0.05) is 12.7 Å². The van der Waals surface area contributed by atoms with E-state index in [0.29, 0.717) is 0 Å². The fraction of sp³-hybridized carbons (Fsp3) is 0.111. The quantitative estimate of drug-likeness (QED) is 0.516. The van der Waals surface area contributed by atoms with Gasteiger partial charge in [0.2, 0.25) is 5.82 Å². The summed E-state index contributed by atoms with van der Waals surface area (Å²) in [5.41, 5.74) is 0.214. The van der Waals surface area contributed by atoms with E-state index in [-0.39, 0.29) is 18.0 Å². The molecular weight excluding hydrogens is 182 g/mol. The highest BCUT2D eigenvalue weighted by Gasteiger charge is 2.07. The Morgan fingerprint density at radius 1 is 1.64 bits per heavy atom. The van der Waals surface area contributed by atoms with Gasteiger partial charge in [0.15, 0.2) is 0 Å². The lowest BCUT2D eigenvalue weighted by atomic mass is 10.3. The molecule has 0 atom stereocenters. The van der Waals surface area contributed by atoms with Crippen LogP contribution in [0.5, 0.6) is 0 Å². The molecule has 0 N–H and O–H groups in total. The van der Waals surface area contributed by atoms with Gasteiger partial charge in [0.1, 0.15) is 12.7 Å². The lowest BCUT2D eigenvalue weighted by Crippen LogP contribution is -2.06. The van der Waals surface area contributed by atoms with E-state index in [0.717, 1.165) is 0 Å². The molecule has 0 aromatic carbocycles. The number of carbonyl (C=O) groups is 1. The monoisotopic (exact) mass is 189 g/mol. The number of carbonyl (C=O) groups excluding carboxylic acids is 1. The normalized spacial score (nSPS) is 8.79. The number of nitrogens with zero attached hydrogens (tertiary/aromatic N) is 3. The summed E-state index contributed by atoms with van der Waals surface area (Å²) in [6.07, 6.45) is 3.95. The first-order chi connectivity index (χ1) is 6.77. The van der Waals surface area contributed by atoms with Gasteiger partial charge in [-0.3, -0.25) is 0 Å². The largest absolute Gasteiger partial charge is 0.458 e. The van der Waals surface area contributed by atoms with Crippen molar-refractivity contribution in [3.63, 3.8) is 0 Å². The number of esters is 1. The Morgan fingerprint density at radius 2 is 2.29 bits per heavy atom. The maximum absolute atomic E-state index is 11.2. The molecule has 1 aromatic heterocycles. The molecule has 0 aliphatic heterocycles. The summed E-state index contributed by atoms with van der Waals surface area (Å²) in [6, 6.07) is 1.75. The van der Waals surface area contributed by atoms with E-state index in [1.165, 1.54) is 18.5 Å². The van der Waals surface area contributed by atoms with Gasteiger partial charge >= 0.3 is 5.97 Å². The molecule has 0 unspecified atom stereocenters. The predicted molar refractivity (Wildman–Crippen MR) is 47.2 cm³/mol. The number of hydrogen-bond donors (Lipinski definition) is 0. The molecule has 0 amide bonds. The van der Waals surface area contributed by atoms with Gasteiger partial charge in [-0.15, -0.1) is 0 Å². The lowest BCUT2D eigenvalue weighted by molar-refractivity contribution is 0.0548. The van der Waals surface area contributed by atoms with Crippen molar-refractivity contribution in [2.75, 3.05) is 6.61 Å². The summed E-state index contributed by atoms with van der Waals surface area (Å²) < 4.78 is 4.73. The second-order valence-corrected chi connectivity index (χ2v) is 2.29. The van der Waals surface area contributed by atoms with Crippen LogP contribution in [0, 0.1) is 11.3 Å². The van der Waals surface area contributed by atoms with Gasteiger partial charge in [-0.05, 0) is 0 Å². The summed E-state index contributed by atoms with van der Waals surface area (Å²) in [7, 11) is 0. The summed E-state index contributed by atoms with van der Waals surface area (Å²) >= 11 is 0. The Labute approximate surface area is 80.7 Å². The standard InChI is InChI=1S/C9H7N3O2/c1-2-3-14-9(13)7-5-11-8(4-10)12-6-7/h2,5-6H,1,3H2. The Balaban J connectivity index is 2.72. The van der Waals surface area contributed by atoms with Crippen LogP contribution in [0.1, 0.15) is 16.2 Å². The highest BCUT2D eigenvalue weighted by molar-refractivity contribution is 5.88. The number of rotatable bonds is 3.